The van der Waals surface area contributed by atoms with Crippen molar-refractivity contribution in [3.63, 3.8) is 0 Å². The van der Waals surface area contributed by atoms with Gasteiger partial charge in [-0.3, -0.25) is 14.6 Å². The van der Waals surface area contributed by atoms with Gasteiger partial charge in [-0.15, -0.1) is 0 Å². The molecule has 2 aromatic carbocycles. The number of carbonyl (C=O) groups is 1. The maximum Gasteiger partial charge on any atom is 0.274 e. The minimum Gasteiger partial charge on any atom is -0.349 e. The summed E-state index contributed by atoms with van der Waals surface area (Å²) >= 11 is 0. The summed E-state index contributed by atoms with van der Waals surface area (Å²) < 4.78 is 3.23. The summed E-state index contributed by atoms with van der Waals surface area (Å²) in [4.78, 5) is 34.0. The maximum atomic E-state index is 12.9. The molecule has 3 heterocycles. The van der Waals surface area contributed by atoms with Crippen LogP contribution in [0.25, 0.3) is 21.8 Å². The van der Waals surface area contributed by atoms with Crippen molar-refractivity contribution in [1.29, 1.82) is 0 Å². The maximum absolute atomic E-state index is 12.9. The monoisotopic (exact) mass is 424 g/mol. The largest absolute Gasteiger partial charge is 0.349 e. The molecule has 0 saturated heterocycles. The molecule has 158 valence electrons. The number of hydrogen-bond donors (Lipinski definition) is 1. The van der Waals surface area contributed by atoms with E-state index in [0.29, 0.717) is 17.6 Å². The number of pyridine rings is 1. The Morgan fingerprint density at radius 3 is 2.62 bits per heavy atom. The Labute approximate surface area is 183 Å². The second-order valence-corrected chi connectivity index (χ2v) is 7.45. The molecular formula is C24H20N6O2. The molecule has 1 N–H and O–H groups in total. The van der Waals surface area contributed by atoms with Gasteiger partial charge in [0.2, 0.25) is 5.91 Å². The number of carbonyl (C=O) groups excluding carboxylic acids is 1. The number of hydrogen-bond acceptors (Lipinski definition) is 5. The van der Waals surface area contributed by atoms with E-state index in [4.69, 9.17) is 0 Å². The summed E-state index contributed by atoms with van der Waals surface area (Å²) in [6.45, 7) is 0.659. The van der Waals surface area contributed by atoms with Crippen molar-refractivity contribution < 1.29 is 4.79 Å². The predicted molar refractivity (Wildman–Crippen MR) is 121 cm³/mol. The molecule has 0 aliphatic carbocycles. The van der Waals surface area contributed by atoms with Crippen LogP contribution in [0.15, 0.2) is 84.2 Å². The van der Waals surface area contributed by atoms with Gasteiger partial charge in [-0.2, -0.15) is 5.10 Å². The lowest BCUT2D eigenvalue weighted by molar-refractivity contribution is -0.121. The van der Waals surface area contributed by atoms with Gasteiger partial charge in [0.25, 0.3) is 5.56 Å². The van der Waals surface area contributed by atoms with Crippen LogP contribution in [0.4, 0.5) is 0 Å². The lowest BCUT2D eigenvalue weighted by Crippen LogP contribution is -2.30. The first-order valence-corrected chi connectivity index (χ1v) is 10.2. The van der Waals surface area contributed by atoms with Crippen LogP contribution in [0.5, 0.6) is 0 Å². The Morgan fingerprint density at radius 1 is 0.969 bits per heavy atom. The van der Waals surface area contributed by atoms with E-state index in [2.05, 4.69) is 20.4 Å². The molecule has 0 spiro atoms. The summed E-state index contributed by atoms with van der Waals surface area (Å²) in [5, 5.41) is 8.78. The van der Waals surface area contributed by atoms with Gasteiger partial charge in [0.15, 0.2) is 0 Å². The fraction of sp³-hybridized carbons (Fsp3) is 0.125. The fourth-order valence-corrected chi connectivity index (χ4v) is 3.74. The number of fused-ring (bicyclic) bond motifs is 2. The number of imidazole rings is 1. The first-order chi connectivity index (χ1) is 15.7. The topological polar surface area (TPSA) is 94.7 Å². The molecule has 5 rings (SSSR count). The van der Waals surface area contributed by atoms with Gasteiger partial charge in [0.05, 0.1) is 41.5 Å². The molecule has 3 aromatic heterocycles. The number of para-hydroxylation sites is 2. The second-order valence-electron chi connectivity index (χ2n) is 7.45. The molecule has 0 radical (unpaired) electrons. The van der Waals surface area contributed by atoms with Crippen LogP contribution in [0.3, 0.4) is 0 Å². The normalized spacial score (nSPS) is 11.1. The third kappa shape index (κ3) is 3.85. The minimum atomic E-state index is -0.176. The Kier molecular flexibility index (Phi) is 5.17. The molecular weight excluding hydrogens is 404 g/mol. The third-order valence-corrected chi connectivity index (χ3v) is 5.29. The Bertz CT molecular complexity index is 1470. The van der Waals surface area contributed by atoms with Crippen molar-refractivity contribution in [3.8, 4) is 0 Å². The molecule has 0 fully saturated rings. The van der Waals surface area contributed by atoms with E-state index < -0.39 is 0 Å². The Morgan fingerprint density at radius 2 is 1.78 bits per heavy atom. The van der Waals surface area contributed by atoms with Crippen LogP contribution < -0.4 is 10.9 Å². The molecule has 0 unspecified atom stereocenters. The van der Waals surface area contributed by atoms with Crippen molar-refractivity contribution in [2.75, 3.05) is 0 Å². The molecule has 1 amide bonds. The summed E-state index contributed by atoms with van der Waals surface area (Å²) in [5.41, 5.74) is 3.07. The van der Waals surface area contributed by atoms with Crippen molar-refractivity contribution in [3.05, 3.63) is 101 Å². The van der Waals surface area contributed by atoms with Crippen LogP contribution in [0, 0.1) is 0 Å². The molecule has 8 nitrogen and oxygen atoms in total. The highest BCUT2D eigenvalue weighted by molar-refractivity contribution is 5.84. The number of aromatic nitrogens is 5. The molecule has 0 aliphatic heterocycles. The van der Waals surface area contributed by atoms with Gasteiger partial charge < -0.3 is 9.88 Å². The smallest absolute Gasteiger partial charge is 0.274 e. The minimum absolute atomic E-state index is 0.147. The highest BCUT2D eigenvalue weighted by Crippen LogP contribution is 2.14. The summed E-state index contributed by atoms with van der Waals surface area (Å²) in [5.74, 6) is -0.163. The standard InChI is InChI=1S/C24H20N6O2/c31-23(15-29-16-27-20-9-3-4-10-22(20)29)26-13-21-18-7-1-2-8-19(18)24(32)30(28-21)14-17-6-5-11-25-12-17/h1-12,16H,13-15H2,(H,26,31). The van der Waals surface area contributed by atoms with Crippen LogP contribution in [-0.2, 0) is 24.4 Å². The van der Waals surface area contributed by atoms with E-state index in [9.17, 15) is 9.59 Å². The van der Waals surface area contributed by atoms with Gasteiger partial charge in [-0.05, 0) is 29.8 Å². The van der Waals surface area contributed by atoms with E-state index >= 15 is 0 Å². The molecule has 0 atom stereocenters. The number of nitrogens with zero attached hydrogens (tertiary/aromatic N) is 5. The van der Waals surface area contributed by atoms with Crippen molar-refractivity contribution >= 4 is 27.7 Å². The Balaban J connectivity index is 1.40. The zero-order valence-corrected chi connectivity index (χ0v) is 17.2. The zero-order valence-electron chi connectivity index (χ0n) is 17.2. The van der Waals surface area contributed by atoms with Gasteiger partial charge in [-0.1, -0.05) is 36.4 Å². The van der Waals surface area contributed by atoms with E-state index in [1.165, 1.54) is 4.68 Å². The second kappa shape index (κ2) is 8.43. The summed E-state index contributed by atoms with van der Waals surface area (Å²) in [6, 6.07) is 18.7. The van der Waals surface area contributed by atoms with Gasteiger partial charge >= 0.3 is 0 Å². The number of nitrogens with one attached hydrogen (secondary N) is 1. The lowest BCUT2D eigenvalue weighted by Gasteiger charge is -2.12. The van der Waals surface area contributed by atoms with E-state index in [0.717, 1.165) is 22.0 Å². The van der Waals surface area contributed by atoms with E-state index in [-0.39, 0.29) is 24.6 Å². The first kappa shape index (κ1) is 19.6. The van der Waals surface area contributed by atoms with Crippen molar-refractivity contribution in [2.24, 2.45) is 0 Å². The summed E-state index contributed by atoms with van der Waals surface area (Å²) in [6.07, 6.45) is 5.05. The fourth-order valence-electron chi connectivity index (χ4n) is 3.74. The highest BCUT2D eigenvalue weighted by Gasteiger charge is 2.13. The van der Waals surface area contributed by atoms with Crippen molar-refractivity contribution in [2.45, 2.75) is 19.6 Å². The average Bonchev–Trinajstić information content (AvgIpc) is 3.23. The van der Waals surface area contributed by atoms with Crippen LogP contribution in [0.1, 0.15) is 11.3 Å². The molecule has 5 aromatic rings. The molecule has 0 aliphatic rings. The number of rotatable bonds is 6. The Hall–Kier alpha value is -4.33. The summed E-state index contributed by atoms with van der Waals surface area (Å²) in [7, 11) is 0. The third-order valence-electron chi connectivity index (χ3n) is 5.29. The van der Waals surface area contributed by atoms with Gasteiger partial charge in [-0.25, -0.2) is 9.67 Å². The number of benzene rings is 2. The predicted octanol–water partition coefficient (Wildman–Crippen LogP) is 2.51. The average molecular weight is 424 g/mol. The van der Waals surface area contributed by atoms with E-state index in [1.807, 2.05) is 54.6 Å². The molecule has 8 heteroatoms. The van der Waals surface area contributed by atoms with Gasteiger partial charge in [0.1, 0.15) is 6.54 Å². The first-order valence-electron chi connectivity index (χ1n) is 10.2. The molecule has 0 bridgehead atoms. The van der Waals surface area contributed by atoms with Crippen molar-refractivity contribution in [1.82, 2.24) is 29.6 Å². The molecule has 32 heavy (non-hydrogen) atoms. The SMILES string of the molecule is O=C(Cn1cnc2ccccc21)NCc1nn(Cc2cccnc2)c(=O)c2ccccc12. The van der Waals surface area contributed by atoms with Crippen LogP contribution in [-0.4, -0.2) is 30.2 Å². The van der Waals surface area contributed by atoms with E-state index in [1.54, 1.807) is 29.4 Å². The quantitative estimate of drug-likeness (QED) is 0.452. The van der Waals surface area contributed by atoms with Gasteiger partial charge in [0, 0.05) is 17.8 Å². The number of amides is 1. The highest BCUT2D eigenvalue weighted by atomic mass is 16.2. The molecule has 0 saturated carbocycles. The van der Waals surface area contributed by atoms with Crippen LogP contribution in [0.2, 0.25) is 0 Å². The van der Waals surface area contributed by atoms with Crippen LogP contribution >= 0.6 is 0 Å². The zero-order chi connectivity index (χ0) is 21.9. The lowest BCUT2D eigenvalue weighted by atomic mass is 10.1.